The lowest BCUT2D eigenvalue weighted by atomic mass is 9.79. The molecule has 0 aliphatic carbocycles. The van der Waals surface area contributed by atoms with E-state index >= 15 is 0 Å². The number of non-ortho nitro benzene ring substituents is 1. The summed E-state index contributed by atoms with van der Waals surface area (Å²) in [5, 5.41) is 33.7. The Balaban J connectivity index is 0.00000199. The molecule has 2 aromatic rings. The second kappa shape index (κ2) is 10.1. The molecule has 12 heteroatoms. The Morgan fingerprint density at radius 2 is 1.21 bits per heavy atom. The van der Waals surface area contributed by atoms with Crippen molar-refractivity contribution in [1.82, 2.24) is 0 Å². The Bertz CT molecular complexity index is 1080. The van der Waals surface area contributed by atoms with Gasteiger partial charge in [-0.1, -0.05) is 44.2 Å². The van der Waals surface area contributed by atoms with Gasteiger partial charge in [0.05, 0.1) is 38.1 Å². The highest BCUT2D eigenvalue weighted by Gasteiger charge is 2.51. The molecule has 1 fully saturated rings. The van der Waals surface area contributed by atoms with Gasteiger partial charge in [0.15, 0.2) is 0 Å². The maximum atomic E-state index is 11.4. The van der Waals surface area contributed by atoms with Gasteiger partial charge in [-0.25, -0.2) is 0 Å². The molecule has 2 aromatic carbocycles. The molecule has 34 heavy (non-hydrogen) atoms. The molecule has 0 aromatic heterocycles. The number of benzene rings is 2. The first-order valence-electron chi connectivity index (χ1n) is 10.6. The number of nitrogens with zero attached hydrogens (tertiary/aromatic N) is 3. The van der Waals surface area contributed by atoms with E-state index in [2.05, 4.69) is 0 Å². The fraction of sp³-hybridized carbons (Fsp3) is 0.364. The van der Waals surface area contributed by atoms with Gasteiger partial charge in [0.1, 0.15) is 5.56 Å². The summed E-state index contributed by atoms with van der Waals surface area (Å²) in [7, 11) is -0.560. The fourth-order valence-electron chi connectivity index (χ4n) is 3.11. The quantitative estimate of drug-likeness (QED) is 0.250. The monoisotopic (exact) mass is 471 g/mol. The number of hydrogen-bond donors (Lipinski definition) is 0. The van der Waals surface area contributed by atoms with Crippen LogP contribution in [0.2, 0.25) is 0 Å². The molecule has 0 bridgehead atoms. The minimum absolute atomic E-state index is 0.333. The van der Waals surface area contributed by atoms with E-state index in [-0.39, 0.29) is 5.56 Å². The van der Waals surface area contributed by atoms with Gasteiger partial charge in [-0.3, -0.25) is 30.3 Å². The van der Waals surface area contributed by atoms with Gasteiger partial charge < -0.3 is 9.31 Å². The highest BCUT2D eigenvalue weighted by molar-refractivity contribution is 6.62. The summed E-state index contributed by atoms with van der Waals surface area (Å²) in [5.74, 6) is 0. The Hall–Kier alpha value is -3.64. The minimum atomic E-state index is -0.915. The van der Waals surface area contributed by atoms with Crippen LogP contribution in [0.25, 0.3) is 12.2 Å². The molecule has 0 unspecified atom stereocenters. The summed E-state index contributed by atoms with van der Waals surface area (Å²) in [5.41, 5.74) is -2.13. The van der Waals surface area contributed by atoms with E-state index in [0.717, 1.165) is 5.46 Å². The van der Waals surface area contributed by atoms with Crippen LogP contribution in [0.1, 0.15) is 52.7 Å². The van der Waals surface area contributed by atoms with Gasteiger partial charge in [0.2, 0.25) is 0 Å². The SMILES string of the molecule is CC.CC1(C)OB(c2ccc(/C=C/c3c([N+](=O)[O-])cc([N+](=O)[O-])cc3[N+](=O)[O-])cc2)OC1(C)C. The van der Waals surface area contributed by atoms with Gasteiger partial charge in [-0.15, -0.1) is 0 Å². The highest BCUT2D eigenvalue weighted by atomic mass is 16.7. The molecule has 180 valence electrons. The summed E-state index contributed by atoms with van der Waals surface area (Å²) >= 11 is 0. The molecule has 0 spiro atoms. The predicted molar refractivity (Wildman–Crippen MR) is 129 cm³/mol. The molecule has 1 heterocycles. The van der Waals surface area contributed by atoms with Crippen molar-refractivity contribution in [2.45, 2.75) is 52.7 Å². The molecule has 1 aliphatic rings. The number of nitro groups is 3. The molecule has 1 saturated heterocycles. The minimum Gasteiger partial charge on any atom is -0.399 e. The Kier molecular flexibility index (Phi) is 7.91. The topological polar surface area (TPSA) is 148 Å². The average Bonchev–Trinajstić information content (AvgIpc) is 3.00. The van der Waals surface area contributed by atoms with Crippen molar-refractivity contribution in [2.75, 3.05) is 0 Å². The molecule has 0 amide bonds. The summed E-state index contributed by atoms with van der Waals surface area (Å²) in [6.07, 6.45) is 2.65. The van der Waals surface area contributed by atoms with Gasteiger partial charge >= 0.3 is 7.12 Å². The Morgan fingerprint density at radius 3 is 1.59 bits per heavy atom. The third kappa shape index (κ3) is 5.46. The lowest BCUT2D eigenvalue weighted by molar-refractivity contribution is -0.403. The molecular formula is C22H26BN3O8. The van der Waals surface area contributed by atoms with E-state index < -0.39 is 50.2 Å². The standard InChI is InChI=1S/C20H20BN3O8.C2H6/c1-19(2)20(3,4)32-21(31-19)14-8-5-13(6-9-14)7-10-16-17(23(27)28)11-15(22(25)26)12-18(16)24(29)30;1-2/h5-12H,1-4H3;1-2H3/b10-7+;. The smallest absolute Gasteiger partial charge is 0.399 e. The van der Waals surface area contributed by atoms with Crippen LogP contribution in [0, 0.1) is 30.3 Å². The number of rotatable bonds is 6. The van der Waals surface area contributed by atoms with Crippen molar-refractivity contribution in [3.8, 4) is 0 Å². The van der Waals surface area contributed by atoms with Crippen LogP contribution in [-0.2, 0) is 9.31 Å². The van der Waals surface area contributed by atoms with Crippen molar-refractivity contribution >= 4 is 41.8 Å². The normalized spacial score (nSPS) is 16.1. The van der Waals surface area contributed by atoms with Crippen LogP contribution in [0.15, 0.2) is 36.4 Å². The molecule has 11 nitrogen and oxygen atoms in total. The number of hydrogen-bond acceptors (Lipinski definition) is 8. The highest BCUT2D eigenvalue weighted by Crippen LogP contribution is 2.37. The molecule has 0 atom stereocenters. The van der Waals surface area contributed by atoms with Gasteiger partial charge in [-0.2, -0.15) is 0 Å². The summed E-state index contributed by atoms with van der Waals surface area (Å²) in [4.78, 5) is 31.1. The van der Waals surface area contributed by atoms with E-state index in [1.165, 1.54) is 12.2 Å². The van der Waals surface area contributed by atoms with Crippen LogP contribution in [0.3, 0.4) is 0 Å². The maximum absolute atomic E-state index is 11.4. The van der Waals surface area contributed by atoms with Crippen molar-refractivity contribution in [1.29, 1.82) is 0 Å². The lowest BCUT2D eigenvalue weighted by Crippen LogP contribution is -2.41. The largest absolute Gasteiger partial charge is 0.494 e. The van der Waals surface area contributed by atoms with Crippen LogP contribution < -0.4 is 5.46 Å². The first-order chi connectivity index (χ1) is 15.8. The third-order valence-electron chi connectivity index (χ3n) is 5.63. The Morgan fingerprint density at radius 1 is 0.765 bits per heavy atom. The summed E-state index contributed by atoms with van der Waals surface area (Å²) in [6.45, 7) is 11.8. The second-order valence-electron chi connectivity index (χ2n) is 8.26. The summed E-state index contributed by atoms with van der Waals surface area (Å²) < 4.78 is 12.0. The lowest BCUT2D eigenvalue weighted by Gasteiger charge is -2.32. The average molecular weight is 471 g/mol. The Labute approximate surface area is 197 Å². The van der Waals surface area contributed by atoms with Crippen LogP contribution in [0.4, 0.5) is 17.1 Å². The zero-order chi connectivity index (χ0) is 25.8. The van der Waals surface area contributed by atoms with Crippen molar-refractivity contribution < 1.29 is 24.1 Å². The van der Waals surface area contributed by atoms with Crippen LogP contribution >= 0.6 is 0 Å². The van der Waals surface area contributed by atoms with Gasteiger partial charge in [0.25, 0.3) is 17.1 Å². The van der Waals surface area contributed by atoms with E-state index in [1.54, 1.807) is 24.3 Å². The van der Waals surface area contributed by atoms with Gasteiger partial charge in [-0.05, 0) is 44.8 Å². The van der Waals surface area contributed by atoms with Crippen molar-refractivity contribution in [2.24, 2.45) is 0 Å². The molecule has 0 N–H and O–H groups in total. The van der Waals surface area contributed by atoms with Crippen LogP contribution in [-0.4, -0.2) is 33.1 Å². The summed E-state index contributed by atoms with van der Waals surface area (Å²) in [6, 6.07) is 8.35. The molecular weight excluding hydrogens is 445 g/mol. The third-order valence-corrected chi connectivity index (χ3v) is 5.63. The van der Waals surface area contributed by atoms with Gasteiger partial charge in [0, 0.05) is 0 Å². The molecule has 0 saturated carbocycles. The molecule has 0 radical (unpaired) electrons. The van der Waals surface area contributed by atoms with Crippen LogP contribution in [0.5, 0.6) is 0 Å². The van der Waals surface area contributed by atoms with E-state index in [1.807, 2.05) is 41.5 Å². The zero-order valence-electron chi connectivity index (χ0n) is 19.8. The zero-order valence-corrected chi connectivity index (χ0v) is 19.8. The first-order valence-corrected chi connectivity index (χ1v) is 10.6. The van der Waals surface area contributed by atoms with Crippen molar-refractivity contribution in [3.63, 3.8) is 0 Å². The molecule has 1 aliphatic heterocycles. The second-order valence-corrected chi connectivity index (χ2v) is 8.26. The van der Waals surface area contributed by atoms with E-state index in [4.69, 9.17) is 9.31 Å². The maximum Gasteiger partial charge on any atom is 0.494 e. The first kappa shape index (κ1) is 26.6. The predicted octanol–water partition coefficient (Wildman–Crippen LogP) is 4.91. The fourth-order valence-corrected chi connectivity index (χ4v) is 3.11. The number of nitro benzene ring substituents is 3. The molecule has 3 rings (SSSR count). The van der Waals surface area contributed by atoms with Crippen molar-refractivity contribution in [3.05, 3.63) is 77.9 Å². The van der Waals surface area contributed by atoms with E-state index in [9.17, 15) is 30.3 Å². The van der Waals surface area contributed by atoms with E-state index in [0.29, 0.717) is 17.7 Å².